The van der Waals surface area contributed by atoms with Gasteiger partial charge < -0.3 is 5.32 Å². The third-order valence-corrected chi connectivity index (χ3v) is 6.14. The zero-order valence-electron chi connectivity index (χ0n) is 13.7. The van der Waals surface area contributed by atoms with E-state index < -0.39 is 10.0 Å². The van der Waals surface area contributed by atoms with Crippen molar-refractivity contribution in [3.8, 4) is 0 Å². The van der Waals surface area contributed by atoms with E-state index in [0.717, 1.165) is 44.2 Å². The minimum absolute atomic E-state index is 0.272. The van der Waals surface area contributed by atoms with E-state index in [0.29, 0.717) is 18.0 Å². The first-order chi connectivity index (χ1) is 10.5. The molecule has 0 aliphatic carbocycles. The summed E-state index contributed by atoms with van der Waals surface area (Å²) in [6, 6.07) is 7.43. The summed E-state index contributed by atoms with van der Waals surface area (Å²) < 4.78 is 27.3. The predicted octanol–water partition coefficient (Wildman–Crippen LogP) is 2.93. The average Bonchev–Trinajstić information content (AvgIpc) is 2.74. The highest BCUT2D eigenvalue weighted by atomic mass is 32.2. The minimum atomic E-state index is -3.37. The lowest BCUT2D eigenvalue weighted by Gasteiger charge is -2.24. The lowest BCUT2D eigenvalue weighted by Crippen LogP contribution is -2.42. The molecule has 2 rings (SSSR count). The van der Waals surface area contributed by atoms with Crippen molar-refractivity contribution in [3.05, 3.63) is 29.8 Å². The molecule has 1 heterocycles. The standard InChI is InChI=1S/C17H28N2O2S/c1-3-4-12-18-16-7-5-6-13-19(14-16)22(20,21)17-10-8-15(2)9-11-17/h8-11,16,18H,3-7,12-14H2,1-2H3. The Balaban J connectivity index is 2.09. The number of aryl methyl sites for hydroxylation is 1. The van der Waals surface area contributed by atoms with E-state index >= 15 is 0 Å². The van der Waals surface area contributed by atoms with Gasteiger partial charge in [-0.05, 0) is 44.9 Å². The number of hydrogen-bond donors (Lipinski definition) is 1. The van der Waals surface area contributed by atoms with Crippen molar-refractivity contribution in [1.82, 2.24) is 9.62 Å². The number of nitrogens with one attached hydrogen (secondary N) is 1. The first-order valence-corrected chi connectivity index (χ1v) is 9.78. The molecule has 0 bridgehead atoms. The van der Waals surface area contributed by atoms with Gasteiger partial charge in [0.15, 0.2) is 0 Å². The molecule has 1 fully saturated rings. The molecule has 1 atom stereocenters. The Morgan fingerprint density at radius 2 is 1.95 bits per heavy atom. The Kier molecular flexibility index (Phi) is 6.41. The van der Waals surface area contributed by atoms with Crippen LogP contribution in [0.25, 0.3) is 0 Å². The van der Waals surface area contributed by atoms with E-state index in [1.165, 1.54) is 0 Å². The molecule has 1 N–H and O–H groups in total. The van der Waals surface area contributed by atoms with Crippen LogP contribution >= 0.6 is 0 Å². The summed E-state index contributed by atoms with van der Waals surface area (Å²) in [6.45, 7) is 6.32. The normalized spacial score (nSPS) is 20.7. The van der Waals surface area contributed by atoms with Gasteiger partial charge >= 0.3 is 0 Å². The number of nitrogens with zero attached hydrogens (tertiary/aromatic N) is 1. The topological polar surface area (TPSA) is 49.4 Å². The number of unbranched alkanes of at least 4 members (excludes halogenated alkanes) is 1. The Bertz CT molecular complexity index is 555. The van der Waals surface area contributed by atoms with Gasteiger partial charge in [-0.3, -0.25) is 0 Å². The molecule has 0 spiro atoms. The molecule has 124 valence electrons. The van der Waals surface area contributed by atoms with Gasteiger partial charge in [-0.15, -0.1) is 0 Å². The maximum Gasteiger partial charge on any atom is 0.243 e. The number of sulfonamides is 1. The molecule has 1 unspecified atom stereocenters. The molecular weight excluding hydrogens is 296 g/mol. The molecule has 0 amide bonds. The molecule has 1 saturated heterocycles. The van der Waals surface area contributed by atoms with Crippen LogP contribution in [0.3, 0.4) is 0 Å². The molecule has 0 radical (unpaired) electrons. The molecule has 1 aromatic carbocycles. The average molecular weight is 324 g/mol. The Morgan fingerprint density at radius 3 is 2.64 bits per heavy atom. The van der Waals surface area contributed by atoms with E-state index in [2.05, 4.69) is 12.2 Å². The quantitative estimate of drug-likeness (QED) is 0.819. The van der Waals surface area contributed by atoms with Crippen molar-refractivity contribution in [2.45, 2.75) is 56.9 Å². The third-order valence-electron chi connectivity index (χ3n) is 4.26. The lowest BCUT2D eigenvalue weighted by atomic mass is 10.1. The van der Waals surface area contributed by atoms with Crippen molar-refractivity contribution in [2.75, 3.05) is 19.6 Å². The van der Waals surface area contributed by atoms with Crippen LogP contribution in [0.2, 0.25) is 0 Å². The Labute approximate surface area is 135 Å². The number of benzene rings is 1. The first kappa shape index (κ1) is 17.4. The zero-order valence-corrected chi connectivity index (χ0v) is 14.5. The molecule has 0 aromatic heterocycles. The molecule has 1 aliphatic rings. The zero-order chi connectivity index (χ0) is 16.0. The van der Waals surface area contributed by atoms with E-state index in [4.69, 9.17) is 0 Å². The van der Waals surface area contributed by atoms with Crippen molar-refractivity contribution in [3.63, 3.8) is 0 Å². The number of rotatable bonds is 6. The summed E-state index contributed by atoms with van der Waals surface area (Å²) in [6.07, 6.45) is 5.39. The van der Waals surface area contributed by atoms with Gasteiger partial charge in [0.05, 0.1) is 4.90 Å². The van der Waals surface area contributed by atoms with Crippen LogP contribution in [0.4, 0.5) is 0 Å². The molecule has 0 saturated carbocycles. The fraction of sp³-hybridized carbons (Fsp3) is 0.647. The van der Waals surface area contributed by atoms with Crippen LogP contribution in [0.1, 0.15) is 44.6 Å². The van der Waals surface area contributed by atoms with E-state index in [9.17, 15) is 8.42 Å². The monoisotopic (exact) mass is 324 g/mol. The van der Waals surface area contributed by atoms with E-state index in [1.54, 1.807) is 16.4 Å². The van der Waals surface area contributed by atoms with Gasteiger partial charge in [0.2, 0.25) is 10.0 Å². The smallest absolute Gasteiger partial charge is 0.243 e. The molecule has 1 aliphatic heterocycles. The van der Waals surface area contributed by atoms with Crippen LogP contribution in [-0.2, 0) is 10.0 Å². The van der Waals surface area contributed by atoms with Gasteiger partial charge in [-0.1, -0.05) is 37.5 Å². The predicted molar refractivity (Wildman–Crippen MR) is 90.5 cm³/mol. The molecular formula is C17H28N2O2S. The van der Waals surface area contributed by atoms with Crippen molar-refractivity contribution in [1.29, 1.82) is 0 Å². The van der Waals surface area contributed by atoms with E-state index in [1.807, 2.05) is 19.1 Å². The second-order valence-corrected chi connectivity index (χ2v) is 8.11. The van der Waals surface area contributed by atoms with E-state index in [-0.39, 0.29) is 6.04 Å². The summed E-state index contributed by atoms with van der Waals surface area (Å²) in [5, 5.41) is 3.52. The SMILES string of the molecule is CCCCNC1CCCCN(S(=O)(=O)c2ccc(C)cc2)C1. The lowest BCUT2D eigenvalue weighted by molar-refractivity contribution is 0.372. The van der Waals surface area contributed by atoms with Crippen LogP contribution < -0.4 is 5.32 Å². The molecule has 1 aromatic rings. The molecule has 4 nitrogen and oxygen atoms in total. The Hall–Kier alpha value is -0.910. The molecule has 5 heteroatoms. The van der Waals surface area contributed by atoms with Gasteiger partial charge in [0.1, 0.15) is 0 Å². The highest BCUT2D eigenvalue weighted by molar-refractivity contribution is 7.89. The summed E-state index contributed by atoms with van der Waals surface area (Å²) in [5.41, 5.74) is 1.08. The highest BCUT2D eigenvalue weighted by Gasteiger charge is 2.28. The summed E-state index contributed by atoms with van der Waals surface area (Å²) >= 11 is 0. The maximum absolute atomic E-state index is 12.8. The van der Waals surface area contributed by atoms with Gasteiger partial charge in [0, 0.05) is 19.1 Å². The highest BCUT2D eigenvalue weighted by Crippen LogP contribution is 2.21. The van der Waals surface area contributed by atoms with Crippen LogP contribution in [-0.4, -0.2) is 38.4 Å². The van der Waals surface area contributed by atoms with Crippen molar-refractivity contribution < 1.29 is 8.42 Å². The second kappa shape index (κ2) is 8.09. The van der Waals surface area contributed by atoms with Gasteiger partial charge in [-0.25, -0.2) is 8.42 Å². The maximum atomic E-state index is 12.8. The van der Waals surface area contributed by atoms with Crippen LogP contribution in [0, 0.1) is 6.92 Å². The van der Waals surface area contributed by atoms with Crippen molar-refractivity contribution >= 4 is 10.0 Å². The van der Waals surface area contributed by atoms with Crippen molar-refractivity contribution in [2.24, 2.45) is 0 Å². The first-order valence-electron chi connectivity index (χ1n) is 8.34. The Morgan fingerprint density at radius 1 is 1.23 bits per heavy atom. The summed E-state index contributed by atoms with van der Waals surface area (Å²) in [5.74, 6) is 0. The largest absolute Gasteiger partial charge is 0.313 e. The van der Waals surface area contributed by atoms with Crippen LogP contribution in [0.5, 0.6) is 0 Å². The van der Waals surface area contributed by atoms with Gasteiger partial charge in [0.25, 0.3) is 0 Å². The minimum Gasteiger partial charge on any atom is -0.313 e. The third kappa shape index (κ3) is 4.54. The van der Waals surface area contributed by atoms with Gasteiger partial charge in [-0.2, -0.15) is 4.31 Å². The second-order valence-electron chi connectivity index (χ2n) is 6.18. The fourth-order valence-electron chi connectivity index (χ4n) is 2.83. The number of hydrogen-bond acceptors (Lipinski definition) is 3. The molecule has 22 heavy (non-hydrogen) atoms. The van der Waals surface area contributed by atoms with Crippen LogP contribution in [0.15, 0.2) is 29.2 Å². The summed E-state index contributed by atoms with van der Waals surface area (Å²) in [7, 11) is -3.37. The fourth-order valence-corrected chi connectivity index (χ4v) is 4.36. The summed E-state index contributed by atoms with van der Waals surface area (Å²) in [4.78, 5) is 0.410.